The first-order valence-corrected chi connectivity index (χ1v) is 13.9. The van der Waals surface area contributed by atoms with Crippen LogP contribution in [-0.2, 0) is 14.2 Å². The van der Waals surface area contributed by atoms with E-state index >= 15 is 0 Å². The number of benzene rings is 2. The van der Waals surface area contributed by atoms with Crippen LogP contribution in [0, 0.1) is 0 Å². The van der Waals surface area contributed by atoms with E-state index in [2.05, 4.69) is 47.1 Å². The Labute approximate surface area is 213 Å². The van der Waals surface area contributed by atoms with Crippen LogP contribution < -0.4 is 4.74 Å². The Balaban J connectivity index is 1.16. The van der Waals surface area contributed by atoms with Crippen LogP contribution in [-0.4, -0.2) is 25.4 Å². The van der Waals surface area contributed by atoms with Gasteiger partial charge in [-0.1, -0.05) is 92.1 Å². The van der Waals surface area contributed by atoms with Gasteiger partial charge < -0.3 is 18.9 Å². The van der Waals surface area contributed by atoms with Crippen molar-refractivity contribution in [2.75, 3.05) is 13.2 Å². The minimum atomic E-state index is -0.313. The van der Waals surface area contributed by atoms with Crippen LogP contribution in [0.15, 0.2) is 53.0 Å². The van der Waals surface area contributed by atoms with Gasteiger partial charge in [0, 0.05) is 10.0 Å². The number of rotatable bonds is 12. The summed E-state index contributed by atoms with van der Waals surface area (Å²) in [4.78, 5) is 0. The second-order valence-corrected chi connectivity index (χ2v) is 10.4. The molecule has 0 aromatic heterocycles. The third-order valence-corrected chi connectivity index (χ3v) is 7.37. The highest BCUT2D eigenvalue weighted by Crippen LogP contribution is 2.38. The molecule has 0 bridgehead atoms. The minimum Gasteiger partial charge on any atom is -0.494 e. The first-order chi connectivity index (χ1) is 16.7. The third kappa shape index (κ3) is 7.55. The molecule has 2 aliphatic rings. The Morgan fingerprint density at radius 2 is 1.44 bits per heavy atom. The van der Waals surface area contributed by atoms with E-state index in [1.54, 1.807) is 0 Å². The SMILES string of the molecule is CCCCCCCCCCOc1ccc([C@H]2CC[C@@H]3O[C@H](c4ccc(Br)cc4)OC[C@H]3O2)cc1. The van der Waals surface area contributed by atoms with E-state index in [0.717, 1.165) is 41.7 Å². The summed E-state index contributed by atoms with van der Waals surface area (Å²) in [6.07, 6.45) is 12.3. The van der Waals surface area contributed by atoms with Crippen molar-refractivity contribution in [1.82, 2.24) is 0 Å². The molecule has 34 heavy (non-hydrogen) atoms. The molecule has 2 aliphatic heterocycles. The molecule has 186 valence electrons. The first kappa shape index (κ1) is 25.7. The summed E-state index contributed by atoms with van der Waals surface area (Å²) in [5, 5.41) is 0. The molecule has 0 radical (unpaired) electrons. The highest BCUT2D eigenvalue weighted by atomic mass is 79.9. The first-order valence-electron chi connectivity index (χ1n) is 13.1. The van der Waals surface area contributed by atoms with Gasteiger partial charge in [-0.15, -0.1) is 0 Å². The highest BCUT2D eigenvalue weighted by molar-refractivity contribution is 9.10. The van der Waals surface area contributed by atoms with Crippen LogP contribution in [0.5, 0.6) is 5.75 Å². The van der Waals surface area contributed by atoms with Gasteiger partial charge in [-0.2, -0.15) is 0 Å². The van der Waals surface area contributed by atoms with Gasteiger partial charge in [-0.3, -0.25) is 0 Å². The molecule has 4 nitrogen and oxygen atoms in total. The number of halogens is 1. The second-order valence-electron chi connectivity index (χ2n) is 9.52. The van der Waals surface area contributed by atoms with Crippen molar-refractivity contribution in [2.45, 2.75) is 95.7 Å². The van der Waals surface area contributed by atoms with E-state index in [4.69, 9.17) is 18.9 Å². The fourth-order valence-corrected chi connectivity index (χ4v) is 5.06. The van der Waals surface area contributed by atoms with Crippen molar-refractivity contribution >= 4 is 15.9 Å². The lowest BCUT2D eigenvalue weighted by atomic mass is 9.95. The third-order valence-electron chi connectivity index (χ3n) is 6.84. The van der Waals surface area contributed by atoms with Crippen LogP contribution >= 0.6 is 15.9 Å². The average Bonchev–Trinajstić information content (AvgIpc) is 2.88. The Morgan fingerprint density at radius 3 is 2.18 bits per heavy atom. The number of hydrogen-bond donors (Lipinski definition) is 0. The van der Waals surface area contributed by atoms with Gasteiger partial charge in [-0.05, 0) is 49.1 Å². The molecular formula is C29H39BrO4. The lowest BCUT2D eigenvalue weighted by Crippen LogP contribution is -2.45. The Hall–Kier alpha value is -1.40. The molecule has 4 atom stereocenters. The standard InChI is InChI=1S/C29H39BrO4/c1-2-3-4-5-6-7-8-9-20-31-25-16-12-22(13-17-25)26-18-19-27-28(33-26)21-32-29(34-27)23-10-14-24(30)15-11-23/h10-17,26-29H,2-9,18-21H2,1H3/t26-,27+,28-,29-/m1/s1. The van der Waals surface area contributed by atoms with Gasteiger partial charge in [0.25, 0.3) is 0 Å². The maximum atomic E-state index is 6.38. The molecule has 0 saturated carbocycles. The zero-order chi connectivity index (χ0) is 23.6. The highest BCUT2D eigenvalue weighted by Gasteiger charge is 2.38. The molecule has 2 aromatic carbocycles. The molecular weight excluding hydrogens is 492 g/mol. The molecule has 5 heteroatoms. The quantitative estimate of drug-likeness (QED) is 0.258. The second kappa shape index (κ2) is 13.6. The van der Waals surface area contributed by atoms with Crippen molar-refractivity contribution in [1.29, 1.82) is 0 Å². The predicted molar refractivity (Wildman–Crippen MR) is 139 cm³/mol. The van der Waals surface area contributed by atoms with E-state index in [9.17, 15) is 0 Å². The van der Waals surface area contributed by atoms with Crippen molar-refractivity contribution < 1.29 is 18.9 Å². The summed E-state index contributed by atoms with van der Waals surface area (Å²) in [5.74, 6) is 0.946. The fourth-order valence-electron chi connectivity index (χ4n) is 4.80. The number of ether oxygens (including phenoxy) is 4. The topological polar surface area (TPSA) is 36.9 Å². The van der Waals surface area contributed by atoms with E-state index < -0.39 is 0 Å². The van der Waals surface area contributed by atoms with Gasteiger partial charge in [0.2, 0.25) is 0 Å². The van der Waals surface area contributed by atoms with Crippen LogP contribution in [0.4, 0.5) is 0 Å². The van der Waals surface area contributed by atoms with Gasteiger partial charge in [0.1, 0.15) is 11.9 Å². The Morgan fingerprint density at radius 1 is 0.765 bits per heavy atom. The molecule has 4 rings (SSSR count). The normalized spacial score (nSPS) is 24.5. The molecule has 0 N–H and O–H groups in total. The monoisotopic (exact) mass is 530 g/mol. The molecule has 2 saturated heterocycles. The lowest BCUT2D eigenvalue weighted by molar-refractivity contribution is -0.289. The molecule has 0 spiro atoms. The fraction of sp³-hybridized carbons (Fsp3) is 0.586. The van der Waals surface area contributed by atoms with Crippen molar-refractivity contribution in [3.05, 3.63) is 64.1 Å². The zero-order valence-corrected chi connectivity index (χ0v) is 22.0. The summed E-state index contributed by atoms with van der Waals surface area (Å²) < 4.78 is 25.6. The summed E-state index contributed by atoms with van der Waals surface area (Å²) in [5.41, 5.74) is 2.25. The number of fused-ring (bicyclic) bond motifs is 1. The Kier molecular flexibility index (Phi) is 10.3. The van der Waals surface area contributed by atoms with Gasteiger partial charge in [0.15, 0.2) is 6.29 Å². The van der Waals surface area contributed by atoms with Crippen molar-refractivity contribution in [3.8, 4) is 5.75 Å². The molecule has 0 amide bonds. The molecule has 0 aliphatic carbocycles. The largest absolute Gasteiger partial charge is 0.494 e. The summed E-state index contributed by atoms with van der Waals surface area (Å²) in [6.45, 7) is 3.62. The maximum absolute atomic E-state index is 6.38. The number of hydrogen-bond acceptors (Lipinski definition) is 4. The Bertz CT molecular complexity index is 838. The van der Waals surface area contributed by atoms with Crippen molar-refractivity contribution in [3.63, 3.8) is 0 Å². The predicted octanol–water partition coefficient (Wildman–Crippen LogP) is 8.30. The summed E-state index contributed by atoms with van der Waals surface area (Å²) in [7, 11) is 0. The van der Waals surface area contributed by atoms with Gasteiger partial charge in [-0.25, -0.2) is 0 Å². The van der Waals surface area contributed by atoms with Crippen LogP contribution in [0.2, 0.25) is 0 Å². The molecule has 2 fully saturated rings. The average molecular weight is 532 g/mol. The molecule has 2 aromatic rings. The van der Waals surface area contributed by atoms with Crippen LogP contribution in [0.1, 0.15) is 94.7 Å². The molecule has 0 unspecified atom stereocenters. The zero-order valence-electron chi connectivity index (χ0n) is 20.4. The van der Waals surface area contributed by atoms with Crippen molar-refractivity contribution in [2.24, 2.45) is 0 Å². The van der Waals surface area contributed by atoms with E-state index in [1.165, 1.54) is 50.5 Å². The lowest BCUT2D eigenvalue weighted by Gasteiger charge is -2.42. The van der Waals surface area contributed by atoms with Gasteiger partial charge >= 0.3 is 0 Å². The van der Waals surface area contributed by atoms with E-state index in [1.807, 2.05) is 24.3 Å². The van der Waals surface area contributed by atoms with Crippen LogP contribution in [0.25, 0.3) is 0 Å². The molecule has 2 heterocycles. The number of unbranched alkanes of at least 4 members (excludes halogenated alkanes) is 7. The van der Waals surface area contributed by atoms with Gasteiger partial charge in [0.05, 0.1) is 25.4 Å². The van der Waals surface area contributed by atoms with Crippen LogP contribution in [0.3, 0.4) is 0 Å². The maximum Gasteiger partial charge on any atom is 0.184 e. The summed E-state index contributed by atoms with van der Waals surface area (Å²) in [6, 6.07) is 16.6. The van der Waals surface area contributed by atoms with E-state index in [-0.39, 0.29) is 24.6 Å². The van der Waals surface area contributed by atoms with E-state index in [0.29, 0.717) is 6.61 Å². The minimum absolute atomic E-state index is 0.0247. The smallest absolute Gasteiger partial charge is 0.184 e. The summed E-state index contributed by atoms with van der Waals surface area (Å²) >= 11 is 3.48.